The van der Waals surface area contributed by atoms with Gasteiger partial charge in [0.05, 0.1) is 26.4 Å². The number of hydrogen-bond donors (Lipinski definition) is 2. The highest BCUT2D eigenvalue weighted by Gasteiger charge is 2.08. The molecule has 0 radical (unpaired) electrons. The fourth-order valence-electron chi connectivity index (χ4n) is 1.41. The number of hydrogen-bond acceptors (Lipinski definition) is 5. The number of halogens is 1. The molecule has 0 unspecified atom stereocenters. The Kier molecular flexibility index (Phi) is 6.43. The second-order valence-corrected chi connectivity index (χ2v) is 4.47. The molecule has 96 valence electrons. The number of likely N-dealkylation sites (N-methyl/N-ethyl adjacent to an activating group) is 1. The minimum Gasteiger partial charge on any atom is -0.394 e. The van der Waals surface area contributed by atoms with Gasteiger partial charge >= 0.3 is 0 Å². The van der Waals surface area contributed by atoms with Crippen molar-refractivity contribution in [1.29, 1.82) is 0 Å². The van der Waals surface area contributed by atoms with Crippen molar-refractivity contribution in [2.75, 3.05) is 38.3 Å². The molecule has 0 aliphatic rings. The second-order valence-electron chi connectivity index (χ2n) is 3.55. The van der Waals surface area contributed by atoms with Crippen molar-refractivity contribution >= 4 is 21.7 Å². The van der Waals surface area contributed by atoms with Gasteiger partial charge in [-0.05, 0) is 22.0 Å². The normalized spacial score (nSPS) is 10.6. The van der Waals surface area contributed by atoms with Crippen LogP contribution in [-0.2, 0) is 11.3 Å². The molecular weight excluding hydrogens is 288 g/mol. The Morgan fingerprint density at radius 1 is 1.41 bits per heavy atom. The highest BCUT2D eigenvalue weighted by Crippen LogP contribution is 2.20. The van der Waals surface area contributed by atoms with Crippen molar-refractivity contribution in [2.45, 2.75) is 6.61 Å². The van der Waals surface area contributed by atoms with Crippen molar-refractivity contribution in [3.8, 4) is 0 Å². The first-order valence-electron chi connectivity index (χ1n) is 5.34. The highest BCUT2D eigenvalue weighted by atomic mass is 79.9. The van der Waals surface area contributed by atoms with Crippen LogP contribution < -0.4 is 4.90 Å². The number of rotatable bonds is 7. The van der Waals surface area contributed by atoms with Crippen molar-refractivity contribution in [1.82, 2.24) is 4.98 Å². The molecule has 0 spiro atoms. The minimum atomic E-state index is -0.0520. The Morgan fingerprint density at radius 3 is 2.82 bits per heavy atom. The van der Waals surface area contributed by atoms with E-state index in [-0.39, 0.29) is 13.2 Å². The SMILES string of the molecule is CN(CCOCCO)c1ncc(Br)cc1CO. The van der Waals surface area contributed by atoms with Crippen LogP contribution in [0.1, 0.15) is 5.56 Å². The maximum atomic E-state index is 9.25. The van der Waals surface area contributed by atoms with Gasteiger partial charge in [-0.25, -0.2) is 4.98 Å². The summed E-state index contributed by atoms with van der Waals surface area (Å²) in [7, 11) is 1.89. The molecule has 0 aromatic carbocycles. The van der Waals surface area contributed by atoms with Crippen LogP contribution in [0.3, 0.4) is 0 Å². The molecule has 1 aromatic heterocycles. The Balaban J connectivity index is 2.58. The molecule has 1 rings (SSSR count). The summed E-state index contributed by atoms with van der Waals surface area (Å²) in [5.74, 6) is 0.739. The van der Waals surface area contributed by atoms with E-state index in [2.05, 4.69) is 20.9 Å². The first-order valence-corrected chi connectivity index (χ1v) is 6.13. The van der Waals surface area contributed by atoms with Crippen LogP contribution in [0.25, 0.3) is 0 Å². The molecule has 6 heteroatoms. The largest absolute Gasteiger partial charge is 0.394 e. The summed E-state index contributed by atoms with van der Waals surface area (Å²) in [5, 5.41) is 17.8. The third-order valence-electron chi connectivity index (χ3n) is 2.25. The van der Waals surface area contributed by atoms with E-state index >= 15 is 0 Å². The summed E-state index contributed by atoms with van der Waals surface area (Å²) in [6, 6.07) is 1.84. The molecular formula is C11H17BrN2O3. The summed E-state index contributed by atoms with van der Waals surface area (Å²) in [4.78, 5) is 6.17. The Labute approximate surface area is 109 Å². The predicted molar refractivity (Wildman–Crippen MR) is 69.0 cm³/mol. The fraction of sp³-hybridized carbons (Fsp3) is 0.545. The van der Waals surface area contributed by atoms with Crippen molar-refractivity contribution < 1.29 is 14.9 Å². The van der Waals surface area contributed by atoms with Gasteiger partial charge in [0.25, 0.3) is 0 Å². The van der Waals surface area contributed by atoms with Gasteiger partial charge in [-0.3, -0.25) is 0 Å². The van der Waals surface area contributed by atoms with Crippen LogP contribution in [0.2, 0.25) is 0 Å². The standard InChI is InChI=1S/C11H17BrN2O3/c1-14(2-4-17-5-3-15)11-9(8-16)6-10(12)7-13-11/h6-7,15-16H,2-5,8H2,1H3. The lowest BCUT2D eigenvalue weighted by Crippen LogP contribution is -2.25. The number of aliphatic hydroxyl groups is 2. The molecule has 0 saturated carbocycles. The summed E-state index contributed by atoms with van der Waals surface area (Å²) in [5.41, 5.74) is 0.768. The van der Waals surface area contributed by atoms with Crippen molar-refractivity contribution in [3.63, 3.8) is 0 Å². The lowest BCUT2D eigenvalue weighted by molar-refractivity contribution is 0.0970. The maximum Gasteiger partial charge on any atom is 0.133 e. The zero-order valence-corrected chi connectivity index (χ0v) is 11.4. The van der Waals surface area contributed by atoms with E-state index in [1.54, 1.807) is 6.20 Å². The molecule has 1 aromatic rings. The number of nitrogens with zero attached hydrogens (tertiary/aromatic N) is 2. The van der Waals surface area contributed by atoms with Crippen LogP contribution in [-0.4, -0.2) is 48.6 Å². The molecule has 17 heavy (non-hydrogen) atoms. The lowest BCUT2D eigenvalue weighted by Gasteiger charge is -2.20. The number of ether oxygens (including phenoxy) is 1. The van der Waals surface area contributed by atoms with E-state index in [4.69, 9.17) is 9.84 Å². The number of pyridine rings is 1. The Morgan fingerprint density at radius 2 is 2.18 bits per heavy atom. The van der Waals surface area contributed by atoms with Gasteiger partial charge in [0, 0.05) is 29.8 Å². The minimum absolute atomic E-state index is 0.0299. The van der Waals surface area contributed by atoms with Crippen LogP contribution in [0.4, 0.5) is 5.82 Å². The molecule has 0 amide bonds. The molecule has 0 aliphatic carbocycles. The quantitative estimate of drug-likeness (QED) is 0.729. The van der Waals surface area contributed by atoms with E-state index in [9.17, 15) is 5.11 Å². The van der Waals surface area contributed by atoms with Gasteiger partial charge in [0.2, 0.25) is 0 Å². The van der Waals surface area contributed by atoms with Gasteiger partial charge in [-0.1, -0.05) is 0 Å². The zero-order chi connectivity index (χ0) is 12.7. The van der Waals surface area contributed by atoms with Gasteiger partial charge in [0.15, 0.2) is 0 Å². The van der Waals surface area contributed by atoms with Gasteiger partial charge in [-0.2, -0.15) is 0 Å². The van der Waals surface area contributed by atoms with E-state index in [0.29, 0.717) is 19.8 Å². The zero-order valence-electron chi connectivity index (χ0n) is 9.77. The topological polar surface area (TPSA) is 65.8 Å². The summed E-state index contributed by atoms with van der Waals surface area (Å²) >= 11 is 3.31. The average Bonchev–Trinajstić information content (AvgIpc) is 2.34. The van der Waals surface area contributed by atoms with Crippen LogP contribution in [0.15, 0.2) is 16.7 Å². The van der Waals surface area contributed by atoms with E-state index in [1.807, 2.05) is 18.0 Å². The lowest BCUT2D eigenvalue weighted by atomic mass is 10.2. The highest BCUT2D eigenvalue weighted by molar-refractivity contribution is 9.10. The molecule has 0 atom stereocenters. The molecule has 0 bridgehead atoms. The van der Waals surface area contributed by atoms with Gasteiger partial charge in [-0.15, -0.1) is 0 Å². The number of aromatic nitrogens is 1. The monoisotopic (exact) mass is 304 g/mol. The van der Waals surface area contributed by atoms with E-state index < -0.39 is 0 Å². The van der Waals surface area contributed by atoms with Gasteiger partial charge in [0.1, 0.15) is 5.82 Å². The van der Waals surface area contributed by atoms with E-state index in [0.717, 1.165) is 15.9 Å². The molecule has 0 saturated heterocycles. The maximum absolute atomic E-state index is 9.25. The first-order chi connectivity index (χ1) is 8.19. The van der Waals surface area contributed by atoms with Gasteiger partial charge < -0.3 is 19.8 Å². The summed E-state index contributed by atoms with van der Waals surface area (Å²) in [6.07, 6.45) is 1.69. The molecule has 1 heterocycles. The van der Waals surface area contributed by atoms with Crippen LogP contribution >= 0.6 is 15.9 Å². The smallest absolute Gasteiger partial charge is 0.133 e. The predicted octanol–water partition coefficient (Wildman–Crippen LogP) is 0.781. The Bertz CT molecular complexity index is 349. The molecule has 5 nitrogen and oxygen atoms in total. The second kappa shape index (κ2) is 7.60. The van der Waals surface area contributed by atoms with Crippen molar-refractivity contribution in [3.05, 3.63) is 22.3 Å². The molecule has 2 N–H and O–H groups in total. The van der Waals surface area contributed by atoms with Crippen molar-refractivity contribution in [2.24, 2.45) is 0 Å². The summed E-state index contributed by atoms with van der Waals surface area (Å²) in [6.45, 7) is 1.49. The third-order valence-corrected chi connectivity index (χ3v) is 2.68. The van der Waals surface area contributed by atoms with E-state index in [1.165, 1.54) is 0 Å². The number of anilines is 1. The summed E-state index contributed by atoms with van der Waals surface area (Å²) < 4.78 is 6.02. The third kappa shape index (κ3) is 4.59. The van der Waals surface area contributed by atoms with Crippen LogP contribution in [0.5, 0.6) is 0 Å². The molecule has 0 fully saturated rings. The van der Waals surface area contributed by atoms with Crippen LogP contribution in [0, 0.1) is 0 Å². The molecule has 0 aliphatic heterocycles. The average molecular weight is 305 g/mol. The Hall–Kier alpha value is -0.690. The number of aliphatic hydroxyl groups excluding tert-OH is 2. The fourth-order valence-corrected chi connectivity index (χ4v) is 1.79. The first kappa shape index (κ1) is 14.4.